The maximum Gasteiger partial charge on any atom is 0.311 e. The number of piperidine rings is 1. The molecule has 204 valence electrons. The van der Waals surface area contributed by atoms with Gasteiger partial charge in [0.25, 0.3) is 0 Å². The molecule has 0 unspecified atom stereocenters. The van der Waals surface area contributed by atoms with Crippen LogP contribution < -0.4 is 4.74 Å². The lowest BCUT2D eigenvalue weighted by Gasteiger charge is -2.40. The number of methoxy groups -OCH3 is 2. The molecule has 0 spiro atoms. The third-order valence-corrected chi connectivity index (χ3v) is 8.60. The van der Waals surface area contributed by atoms with Crippen molar-refractivity contribution in [1.29, 1.82) is 0 Å². The molecule has 0 bridgehead atoms. The maximum atomic E-state index is 13.9. The molecule has 0 aliphatic carbocycles. The van der Waals surface area contributed by atoms with Crippen molar-refractivity contribution < 1.29 is 28.2 Å². The Labute approximate surface area is 230 Å². The van der Waals surface area contributed by atoms with Crippen molar-refractivity contribution in [3.63, 3.8) is 0 Å². The molecule has 1 atom stereocenters. The monoisotopic (exact) mass is 564 g/mol. The first-order valence-electron chi connectivity index (χ1n) is 12.4. The Bertz CT molecular complexity index is 1290. The number of carbonyl (C=O) groups is 1. The van der Waals surface area contributed by atoms with Crippen LogP contribution in [-0.4, -0.2) is 60.6 Å². The zero-order chi connectivity index (χ0) is 27.3. The van der Waals surface area contributed by atoms with Crippen LogP contribution in [0.5, 0.6) is 5.75 Å². The van der Waals surface area contributed by atoms with Crippen molar-refractivity contribution in [3.05, 3.63) is 64.8 Å². The normalized spacial score (nSPS) is 16.4. The van der Waals surface area contributed by atoms with E-state index in [1.165, 1.54) is 31.1 Å². The third kappa shape index (κ3) is 6.39. The minimum absolute atomic E-state index is 0.284. The predicted octanol–water partition coefficient (Wildman–Crippen LogP) is 6.04. The average Bonchev–Trinajstić information content (AvgIpc) is 2.93. The summed E-state index contributed by atoms with van der Waals surface area (Å²) in [6, 6.07) is 8.86. The van der Waals surface area contributed by atoms with Crippen molar-refractivity contribution >= 4 is 40.2 Å². The van der Waals surface area contributed by atoms with Crippen molar-refractivity contribution in [2.24, 2.45) is 5.41 Å². The number of aliphatic hydroxyl groups is 1. The van der Waals surface area contributed by atoms with E-state index >= 15 is 0 Å². The van der Waals surface area contributed by atoms with Crippen molar-refractivity contribution in [2.75, 3.05) is 39.6 Å². The molecule has 1 N–H and O–H groups in total. The molecule has 1 aliphatic heterocycles. The average molecular weight is 565 g/mol. The second-order valence-electron chi connectivity index (χ2n) is 9.49. The second-order valence-corrected chi connectivity index (χ2v) is 11.0. The first-order chi connectivity index (χ1) is 18.3. The molecular formula is C28H31ClF2N2O4S. The lowest BCUT2D eigenvalue weighted by Crippen LogP contribution is -2.45. The minimum atomic E-state index is -0.905. The van der Waals surface area contributed by atoms with Crippen LogP contribution >= 0.6 is 23.4 Å². The number of benzene rings is 2. The van der Waals surface area contributed by atoms with E-state index in [1.807, 2.05) is 6.07 Å². The fraction of sp³-hybridized carbons (Fsp3) is 0.429. The Balaban J connectivity index is 1.40. The van der Waals surface area contributed by atoms with Crippen molar-refractivity contribution in [2.45, 2.75) is 36.7 Å². The highest BCUT2D eigenvalue weighted by atomic mass is 35.5. The molecule has 0 amide bonds. The number of pyridine rings is 1. The molecular weight excluding hydrogens is 534 g/mol. The number of hydrogen-bond donors (Lipinski definition) is 1. The summed E-state index contributed by atoms with van der Waals surface area (Å²) < 4.78 is 37.8. The van der Waals surface area contributed by atoms with Gasteiger partial charge < -0.3 is 19.5 Å². The van der Waals surface area contributed by atoms with Gasteiger partial charge in [0.15, 0.2) is 0 Å². The molecule has 1 aromatic heterocycles. The molecule has 0 radical (unpaired) electrons. The quantitative estimate of drug-likeness (QED) is 0.238. The summed E-state index contributed by atoms with van der Waals surface area (Å²) in [5.74, 6) is 0.0528. The number of carbonyl (C=O) groups excluding carboxylic acids is 1. The number of fused-ring (bicyclic) bond motifs is 1. The Hall–Kier alpha value is -2.46. The van der Waals surface area contributed by atoms with Crippen LogP contribution in [0.2, 0.25) is 5.02 Å². The lowest BCUT2D eigenvalue weighted by atomic mass is 9.74. The first kappa shape index (κ1) is 28.5. The highest BCUT2D eigenvalue weighted by Crippen LogP contribution is 2.41. The van der Waals surface area contributed by atoms with E-state index in [9.17, 15) is 18.7 Å². The van der Waals surface area contributed by atoms with Crippen LogP contribution in [0.25, 0.3) is 10.9 Å². The number of rotatable bonds is 10. The SMILES string of the molecule is COC(=O)C1(CC[C@@H](O)c2c(Cl)cnc3ccc(OC)cc23)CCN(CCSc2cc(F)ccc2F)CC1. The topological polar surface area (TPSA) is 71.9 Å². The van der Waals surface area contributed by atoms with E-state index in [0.717, 1.165) is 12.1 Å². The summed E-state index contributed by atoms with van der Waals surface area (Å²) in [4.78, 5) is 19.8. The first-order valence-corrected chi connectivity index (χ1v) is 13.8. The Morgan fingerprint density at radius 3 is 2.68 bits per heavy atom. The summed E-state index contributed by atoms with van der Waals surface area (Å²) in [7, 11) is 2.96. The van der Waals surface area contributed by atoms with E-state index in [2.05, 4.69) is 9.88 Å². The van der Waals surface area contributed by atoms with Crippen molar-refractivity contribution in [1.82, 2.24) is 9.88 Å². The van der Waals surface area contributed by atoms with Gasteiger partial charge in [-0.15, -0.1) is 11.8 Å². The molecule has 1 saturated heterocycles. The van der Waals surface area contributed by atoms with Gasteiger partial charge in [-0.2, -0.15) is 0 Å². The Morgan fingerprint density at radius 2 is 1.97 bits per heavy atom. The fourth-order valence-corrected chi connectivity index (χ4v) is 6.29. The molecule has 38 heavy (non-hydrogen) atoms. The second kappa shape index (κ2) is 12.6. The predicted molar refractivity (Wildman–Crippen MR) is 145 cm³/mol. The highest BCUT2D eigenvalue weighted by Gasteiger charge is 2.42. The molecule has 0 saturated carbocycles. The molecule has 10 heteroatoms. The van der Waals surface area contributed by atoms with Crippen LogP contribution in [0.1, 0.15) is 37.4 Å². The van der Waals surface area contributed by atoms with Gasteiger partial charge in [0.2, 0.25) is 0 Å². The number of thioether (sulfide) groups is 1. The Morgan fingerprint density at radius 1 is 1.21 bits per heavy atom. The van der Waals surface area contributed by atoms with Gasteiger partial charge in [-0.25, -0.2) is 8.78 Å². The number of ether oxygens (including phenoxy) is 2. The molecule has 2 heterocycles. The van der Waals surface area contributed by atoms with Crippen LogP contribution in [-0.2, 0) is 9.53 Å². The number of nitrogens with zero attached hydrogens (tertiary/aromatic N) is 2. The molecule has 6 nitrogen and oxygen atoms in total. The van der Waals surface area contributed by atoms with E-state index < -0.39 is 23.2 Å². The van der Waals surface area contributed by atoms with Crippen LogP contribution in [0.4, 0.5) is 8.78 Å². The fourth-order valence-electron chi connectivity index (χ4n) is 5.04. The van der Waals surface area contributed by atoms with Crippen LogP contribution in [0, 0.1) is 17.0 Å². The summed E-state index contributed by atoms with van der Waals surface area (Å²) in [5, 5.41) is 12.3. The standard InChI is InChI=1S/C28H31ClF2N2O4S/c1-36-19-4-6-23-20(16-19)26(21(29)17-32-23)24(34)7-8-28(27(35)37-2)9-11-33(12-10-28)13-14-38-25-15-18(30)3-5-22(25)31/h3-6,15-17,24,34H,7-14H2,1-2H3/t24-/m1/s1. The number of aliphatic hydroxyl groups excluding tert-OH is 1. The van der Waals surface area contributed by atoms with Gasteiger partial charge in [0, 0.05) is 34.3 Å². The Kier molecular flexibility index (Phi) is 9.46. The maximum absolute atomic E-state index is 13.9. The smallest absolute Gasteiger partial charge is 0.311 e. The summed E-state index contributed by atoms with van der Waals surface area (Å²) in [6.07, 6.45) is 2.52. The van der Waals surface area contributed by atoms with Gasteiger partial charge in [-0.3, -0.25) is 9.78 Å². The van der Waals surface area contributed by atoms with Crippen molar-refractivity contribution in [3.8, 4) is 5.75 Å². The number of likely N-dealkylation sites (tertiary alicyclic amines) is 1. The third-order valence-electron chi connectivity index (χ3n) is 7.29. The molecule has 1 fully saturated rings. The van der Waals surface area contributed by atoms with Gasteiger partial charge in [0.05, 0.1) is 36.3 Å². The molecule has 1 aliphatic rings. The number of halogens is 3. The van der Waals surface area contributed by atoms with Gasteiger partial charge >= 0.3 is 5.97 Å². The summed E-state index contributed by atoms with van der Waals surface area (Å²) >= 11 is 7.74. The minimum Gasteiger partial charge on any atom is -0.497 e. The van der Waals surface area contributed by atoms with E-state index in [0.29, 0.717) is 83.2 Å². The zero-order valence-electron chi connectivity index (χ0n) is 21.4. The zero-order valence-corrected chi connectivity index (χ0v) is 23.0. The largest absolute Gasteiger partial charge is 0.497 e. The van der Waals surface area contributed by atoms with Gasteiger partial charge in [-0.1, -0.05) is 11.6 Å². The van der Waals surface area contributed by atoms with Crippen LogP contribution in [0.15, 0.2) is 47.5 Å². The molecule has 4 rings (SSSR count). The summed E-state index contributed by atoms with van der Waals surface area (Å²) in [6.45, 7) is 2.00. The van der Waals surface area contributed by atoms with E-state index in [1.54, 1.807) is 19.2 Å². The molecule has 3 aromatic rings. The van der Waals surface area contributed by atoms with E-state index in [-0.39, 0.29) is 5.97 Å². The number of esters is 1. The number of hydrogen-bond acceptors (Lipinski definition) is 7. The number of aromatic nitrogens is 1. The highest BCUT2D eigenvalue weighted by molar-refractivity contribution is 7.99. The van der Waals surface area contributed by atoms with Gasteiger partial charge in [0.1, 0.15) is 17.4 Å². The lowest BCUT2D eigenvalue weighted by molar-refractivity contribution is -0.157. The van der Waals surface area contributed by atoms with Crippen LogP contribution in [0.3, 0.4) is 0 Å². The van der Waals surface area contributed by atoms with E-state index in [4.69, 9.17) is 21.1 Å². The molecule has 2 aromatic carbocycles. The van der Waals surface area contributed by atoms with Gasteiger partial charge in [-0.05, 0) is 75.2 Å². The summed E-state index contributed by atoms with van der Waals surface area (Å²) in [5.41, 5.74) is 0.534.